The molecular weight excluding hydrogens is 302 g/mol. The van der Waals surface area contributed by atoms with Gasteiger partial charge < -0.3 is 11.1 Å². The van der Waals surface area contributed by atoms with Gasteiger partial charge >= 0.3 is 0 Å². The summed E-state index contributed by atoms with van der Waals surface area (Å²) in [6, 6.07) is 9.72. The quantitative estimate of drug-likeness (QED) is 0.801. The van der Waals surface area contributed by atoms with Crippen LogP contribution in [-0.4, -0.2) is 35.8 Å². The molecule has 3 atom stereocenters. The normalized spacial score (nSPS) is 21.0. The van der Waals surface area contributed by atoms with Crippen LogP contribution in [0.25, 0.3) is 0 Å². The van der Waals surface area contributed by atoms with E-state index in [1.807, 2.05) is 32.0 Å². The lowest BCUT2D eigenvalue weighted by Crippen LogP contribution is -2.52. The number of benzene rings is 1. The predicted molar refractivity (Wildman–Crippen MR) is 95.0 cm³/mol. The first-order chi connectivity index (χ1) is 11.5. The molecule has 3 N–H and O–H groups in total. The second-order valence-corrected chi connectivity index (χ2v) is 6.83. The maximum atomic E-state index is 12.6. The van der Waals surface area contributed by atoms with Crippen molar-refractivity contribution in [2.75, 3.05) is 13.1 Å². The van der Waals surface area contributed by atoms with Crippen molar-refractivity contribution in [3.8, 4) is 0 Å². The molecule has 5 heteroatoms. The molecule has 5 nitrogen and oxygen atoms in total. The maximum Gasteiger partial charge on any atom is 0.240 e. The number of carbonyl (C=O) groups excluding carboxylic acids is 2. The molecule has 0 radical (unpaired) electrons. The Kier molecular flexibility index (Phi) is 6.79. The number of piperidine rings is 1. The summed E-state index contributed by atoms with van der Waals surface area (Å²) in [5.74, 6) is -0.518. The first-order valence-electron chi connectivity index (χ1n) is 8.87. The van der Waals surface area contributed by atoms with E-state index in [0.717, 1.165) is 38.9 Å². The third-order valence-electron chi connectivity index (χ3n) is 4.94. The van der Waals surface area contributed by atoms with Gasteiger partial charge in [-0.15, -0.1) is 0 Å². The van der Waals surface area contributed by atoms with Crippen LogP contribution >= 0.6 is 0 Å². The van der Waals surface area contributed by atoms with E-state index in [1.165, 1.54) is 5.56 Å². The summed E-state index contributed by atoms with van der Waals surface area (Å²) in [7, 11) is 0. The highest BCUT2D eigenvalue weighted by Gasteiger charge is 2.30. The van der Waals surface area contributed by atoms with Crippen LogP contribution < -0.4 is 11.1 Å². The zero-order valence-electron chi connectivity index (χ0n) is 14.7. The van der Waals surface area contributed by atoms with Crippen LogP contribution in [0.1, 0.15) is 38.7 Å². The molecule has 1 heterocycles. The molecule has 2 amide bonds. The van der Waals surface area contributed by atoms with Crippen molar-refractivity contribution in [1.82, 2.24) is 10.2 Å². The van der Waals surface area contributed by atoms with Gasteiger partial charge in [0.2, 0.25) is 11.8 Å². The van der Waals surface area contributed by atoms with Gasteiger partial charge in [-0.1, -0.05) is 50.6 Å². The number of hydrogen-bond acceptors (Lipinski definition) is 3. The van der Waals surface area contributed by atoms with Crippen molar-refractivity contribution in [1.29, 1.82) is 0 Å². The Morgan fingerprint density at radius 2 is 2.04 bits per heavy atom. The highest BCUT2D eigenvalue weighted by atomic mass is 16.2. The molecule has 1 aromatic rings. The van der Waals surface area contributed by atoms with Crippen LogP contribution in [0.5, 0.6) is 0 Å². The summed E-state index contributed by atoms with van der Waals surface area (Å²) < 4.78 is 0. The van der Waals surface area contributed by atoms with Crippen molar-refractivity contribution >= 4 is 11.8 Å². The molecule has 2 rings (SSSR count). The number of nitrogens with zero attached hydrogens (tertiary/aromatic N) is 1. The summed E-state index contributed by atoms with van der Waals surface area (Å²) in [5.41, 5.74) is 6.71. The molecule has 0 bridgehead atoms. The summed E-state index contributed by atoms with van der Waals surface area (Å²) in [6.07, 6.45) is 2.66. The van der Waals surface area contributed by atoms with Gasteiger partial charge in [0.1, 0.15) is 6.04 Å². The zero-order chi connectivity index (χ0) is 17.5. The van der Waals surface area contributed by atoms with Crippen LogP contribution in [-0.2, 0) is 16.1 Å². The lowest BCUT2D eigenvalue weighted by atomic mass is 9.94. The van der Waals surface area contributed by atoms with Crippen LogP contribution in [0, 0.1) is 11.8 Å². The fourth-order valence-corrected chi connectivity index (χ4v) is 3.26. The summed E-state index contributed by atoms with van der Waals surface area (Å²) in [6.45, 7) is 6.53. The Bertz CT molecular complexity index is 547. The van der Waals surface area contributed by atoms with Gasteiger partial charge in [-0.25, -0.2) is 0 Å². The SMILES string of the molecule is CCC(C)C(NC(=O)C1CCCN(Cc2ccccc2)C1)C(N)=O. The summed E-state index contributed by atoms with van der Waals surface area (Å²) in [4.78, 5) is 26.5. The zero-order valence-corrected chi connectivity index (χ0v) is 14.7. The van der Waals surface area contributed by atoms with Crippen LogP contribution in [0.4, 0.5) is 0 Å². The Morgan fingerprint density at radius 1 is 1.33 bits per heavy atom. The first kappa shape index (κ1) is 18.5. The van der Waals surface area contributed by atoms with E-state index < -0.39 is 11.9 Å². The number of nitrogens with one attached hydrogen (secondary N) is 1. The molecule has 1 aromatic carbocycles. The Balaban J connectivity index is 1.93. The molecule has 1 aliphatic heterocycles. The van der Waals surface area contributed by atoms with Crippen molar-refractivity contribution in [3.05, 3.63) is 35.9 Å². The van der Waals surface area contributed by atoms with E-state index in [9.17, 15) is 9.59 Å². The minimum atomic E-state index is -0.577. The number of nitrogens with two attached hydrogens (primary N) is 1. The van der Waals surface area contributed by atoms with Crippen molar-refractivity contribution in [3.63, 3.8) is 0 Å². The van der Waals surface area contributed by atoms with E-state index in [1.54, 1.807) is 0 Å². The lowest BCUT2D eigenvalue weighted by Gasteiger charge is -2.33. The monoisotopic (exact) mass is 331 g/mol. The van der Waals surface area contributed by atoms with Crippen LogP contribution in [0.2, 0.25) is 0 Å². The minimum Gasteiger partial charge on any atom is -0.368 e. The average Bonchev–Trinajstić information content (AvgIpc) is 2.59. The average molecular weight is 331 g/mol. The number of hydrogen-bond donors (Lipinski definition) is 2. The van der Waals surface area contributed by atoms with E-state index in [-0.39, 0.29) is 17.7 Å². The molecule has 24 heavy (non-hydrogen) atoms. The number of rotatable bonds is 7. The molecule has 0 aromatic heterocycles. The second-order valence-electron chi connectivity index (χ2n) is 6.83. The van der Waals surface area contributed by atoms with Gasteiger partial charge in [0.25, 0.3) is 0 Å². The molecule has 132 valence electrons. The second kappa shape index (κ2) is 8.83. The van der Waals surface area contributed by atoms with Crippen molar-refractivity contribution in [2.24, 2.45) is 17.6 Å². The molecule has 0 aliphatic carbocycles. The Morgan fingerprint density at radius 3 is 2.67 bits per heavy atom. The molecule has 1 aliphatic rings. The van der Waals surface area contributed by atoms with E-state index >= 15 is 0 Å². The third-order valence-corrected chi connectivity index (χ3v) is 4.94. The standard InChI is InChI=1S/C19H29N3O2/c1-3-14(2)17(18(20)23)21-19(24)16-10-7-11-22(13-16)12-15-8-5-4-6-9-15/h4-6,8-9,14,16-17H,3,7,10-13H2,1-2H3,(H2,20,23)(H,21,24). The van der Waals surface area contributed by atoms with Crippen molar-refractivity contribution in [2.45, 2.75) is 45.7 Å². The molecule has 0 saturated carbocycles. The maximum absolute atomic E-state index is 12.6. The van der Waals surface area contributed by atoms with E-state index in [2.05, 4.69) is 22.3 Å². The smallest absolute Gasteiger partial charge is 0.240 e. The van der Waals surface area contributed by atoms with E-state index in [0.29, 0.717) is 0 Å². The Labute approximate surface area is 144 Å². The number of primary amides is 1. The molecule has 1 saturated heterocycles. The fourth-order valence-electron chi connectivity index (χ4n) is 3.26. The Hall–Kier alpha value is -1.88. The van der Waals surface area contributed by atoms with Gasteiger partial charge in [-0.05, 0) is 30.9 Å². The van der Waals surface area contributed by atoms with E-state index in [4.69, 9.17) is 5.73 Å². The number of amides is 2. The van der Waals surface area contributed by atoms with Gasteiger partial charge in [-0.2, -0.15) is 0 Å². The van der Waals surface area contributed by atoms with Crippen molar-refractivity contribution < 1.29 is 9.59 Å². The topological polar surface area (TPSA) is 75.4 Å². The van der Waals surface area contributed by atoms with Crippen LogP contribution in [0.15, 0.2) is 30.3 Å². The van der Waals surface area contributed by atoms with Crippen LogP contribution in [0.3, 0.4) is 0 Å². The van der Waals surface area contributed by atoms with Gasteiger partial charge in [0.15, 0.2) is 0 Å². The summed E-state index contributed by atoms with van der Waals surface area (Å²) >= 11 is 0. The number of likely N-dealkylation sites (tertiary alicyclic amines) is 1. The van der Waals surface area contributed by atoms with Gasteiger partial charge in [0.05, 0.1) is 5.92 Å². The largest absolute Gasteiger partial charge is 0.368 e. The van der Waals surface area contributed by atoms with Gasteiger partial charge in [0, 0.05) is 13.1 Å². The first-order valence-corrected chi connectivity index (χ1v) is 8.87. The van der Waals surface area contributed by atoms with Gasteiger partial charge in [-0.3, -0.25) is 14.5 Å². The molecular formula is C19H29N3O2. The minimum absolute atomic E-state index is 0.0446. The molecule has 3 unspecified atom stereocenters. The summed E-state index contributed by atoms with van der Waals surface area (Å²) in [5, 5.41) is 2.88. The molecule has 1 fully saturated rings. The highest BCUT2D eigenvalue weighted by Crippen LogP contribution is 2.19. The fraction of sp³-hybridized carbons (Fsp3) is 0.579. The highest BCUT2D eigenvalue weighted by molar-refractivity contribution is 5.87. The number of carbonyl (C=O) groups is 2. The predicted octanol–water partition coefficient (Wildman–Crippen LogP) is 1.91. The lowest BCUT2D eigenvalue weighted by molar-refractivity contribution is -0.132. The molecule has 0 spiro atoms. The third kappa shape index (κ3) is 5.06.